The molecular weight excluding hydrogens is 428 g/mol. The first-order valence-corrected chi connectivity index (χ1v) is 10.8. The fourth-order valence-corrected chi connectivity index (χ4v) is 3.58. The highest BCUT2D eigenvalue weighted by Gasteiger charge is 2.23. The van der Waals surface area contributed by atoms with Gasteiger partial charge in [-0.1, -0.05) is 13.3 Å². The minimum atomic E-state index is -1.69. The van der Waals surface area contributed by atoms with Crippen LogP contribution in [0.5, 0.6) is 11.5 Å². The zero-order chi connectivity index (χ0) is 23.1. The van der Waals surface area contributed by atoms with Gasteiger partial charge < -0.3 is 14.2 Å². The van der Waals surface area contributed by atoms with Gasteiger partial charge in [-0.05, 0) is 50.2 Å². The van der Waals surface area contributed by atoms with Crippen molar-refractivity contribution in [3.8, 4) is 11.5 Å². The Morgan fingerprint density at radius 3 is 2.22 bits per heavy atom. The second-order valence-corrected chi connectivity index (χ2v) is 7.91. The van der Waals surface area contributed by atoms with Gasteiger partial charge in [-0.2, -0.15) is 0 Å². The molecule has 0 amide bonds. The number of ether oxygens (including phenoxy) is 3. The van der Waals surface area contributed by atoms with Crippen molar-refractivity contribution in [2.45, 2.75) is 51.6 Å². The summed E-state index contributed by atoms with van der Waals surface area (Å²) < 4.78 is 70.2. The van der Waals surface area contributed by atoms with Crippen molar-refractivity contribution >= 4 is 5.97 Å². The standard InChI is InChI=1S/C24H26F4O4/c1-2-3-10-30-16-6-4-15(5-7-16)14-31-17-8-9-19(20(25)11-17)24(29)32-18-12-21(26)23(28)22(27)13-18/h8-9,11-13,15-16H,2-7,10,14H2,1H3/t15-,16-. The van der Waals surface area contributed by atoms with E-state index in [1.165, 1.54) is 12.1 Å². The van der Waals surface area contributed by atoms with E-state index in [-0.39, 0.29) is 5.75 Å². The molecule has 3 rings (SSSR count). The fourth-order valence-electron chi connectivity index (χ4n) is 3.58. The molecule has 0 heterocycles. The number of benzene rings is 2. The zero-order valence-electron chi connectivity index (χ0n) is 17.8. The van der Waals surface area contributed by atoms with Crippen molar-refractivity contribution in [3.05, 3.63) is 59.2 Å². The molecule has 1 fully saturated rings. The summed E-state index contributed by atoms with van der Waals surface area (Å²) in [4.78, 5) is 12.1. The largest absolute Gasteiger partial charge is 0.493 e. The Kier molecular flexibility index (Phi) is 8.50. The zero-order valence-corrected chi connectivity index (χ0v) is 17.8. The van der Waals surface area contributed by atoms with Gasteiger partial charge in [0.25, 0.3) is 0 Å². The van der Waals surface area contributed by atoms with Crippen molar-refractivity contribution in [3.63, 3.8) is 0 Å². The SMILES string of the molecule is CCCCO[C@H]1CC[C@H](COc2ccc(C(=O)Oc3cc(F)c(F)c(F)c3)c(F)c2)CC1. The van der Waals surface area contributed by atoms with Crippen LogP contribution in [-0.2, 0) is 4.74 Å². The average Bonchev–Trinajstić information content (AvgIpc) is 2.77. The normalized spacial score (nSPS) is 18.4. The van der Waals surface area contributed by atoms with Crippen LogP contribution >= 0.6 is 0 Å². The molecular formula is C24H26F4O4. The molecule has 0 saturated heterocycles. The molecule has 174 valence electrons. The first-order valence-electron chi connectivity index (χ1n) is 10.8. The number of esters is 1. The van der Waals surface area contributed by atoms with Gasteiger partial charge in [0, 0.05) is 24.8 Å². The van der Waals surface area contributed by atoms with Crippen LogP contribution in [0.2, 0.25) is 0 Å². The van der Waals surface area contributed by atoms with Crippen LogP contribution in [0.4, 0.5) is 17.6 Å². The Labute approximate surface area is 184 Å². The highest BCUT2D eigenvalue weighted by atomic mass is 19.2. The third-order valence-electron chi connectivity index (χ3n) is 5.46. The Balaban J connectivity index is 1.50. The Morgan fingerprint density at radius 2 is 1.59 bits per heavy atom. The second-order valence-electron chi connectivity index (χ2n) is 7.91. The molecule has 1 aliphatic carbocycles. The maximum Gasteiger partial charge on any atom is 0.346 e. The van der Waals surface area contributed by atoms with Crippen LogP contribution in [0.25, 0.3) is 0 Å². The van der Waals surface area contributed by atoms with Crippen LogP contribution in [0.3, 0.4) is 0 Å². The molecule has 0 aromatic heterocycles. The molecule has 2 aromatic rings. The van der Waals surface area contributed by atoms with Gasteiger partial charge in [-0.25, -0.2) is 22.4 Å². The lowest BCUT2D eigenvalue weighted by Crippen LogP contribution is -2.25. The average molecular weight is 454 g/mol. The van der Waals surface area contributed by atoms with Gasteiger partial charge >= 0.3 is 5.97 Å². The van der Waals surface area contributed by atoms with E-state index in [9.17, 15) is 22.4 Å². The number of hydrogen-bond donors (Lipinski definition) is 0. The molecule has 1 saturated carbocycles. The third-order valence-corrected chi connectivity index (χ3v) is 5.46. The summed E-state index contributed by atoms with van der Waals surface area (Å²) in [7, 11) is 0. The monoisotopic (exact) mass is 454 g/mol. The number of unbranched alkanes of at least 4 members (excludes halogenated alkanes) is 1. The lowest BCUT2D eigenvalue weighted by Gasteiger charge is -2.28. The van der Waals surface area contributed by atoms with Gasteiger partial charge in [0.1, 0.15) is 17.3 Å². The molecule has 0 radical (unpaired) electrons. The molecule has 0 unspecified atom stereocenters. The van der Waals surface area contributed by atoms with E-state index in [4.69, 9.17) is 14.2 Å². The molecule has 32 heavy (non-hydrogen) atoms. The van der Waals surface area contributed by atoms with E-state index in [0.717, 1.165) is 51.2 Å². The number of carbonyl (C=O) groups is 1. The van der Waals surface area contributed by atoms with E-state index in [0.29, 0.717) is 30.8 Å². The van der Waals surface area contributed by atoms with E-state index < -0.39 is 40.6 Å². The summed E-state index contributed by atoms with van der Waals surface area (Å²) in [6, 6.07) is 4.67. The van der Waals surface area contributed by atoms with Crippen LogP contribution < -0.4 is 9.47 Å². The molecule has 0 bridgehead atoms. The van der Waals surface area contributed by atoms with Crippen molar-refractivity contribution in [1.29, 1.82) is 0 Å². The van der Waals surface area contributed by atoms with Crippen molar-refractivity contribution in [2.75, 3.05) is 13.2 Å². The van der Waals surface area contributed by atoms with Gasteiger partial charge in [0.2, 0.25) is 0 Å². The van der Waals surface area contributed by atoms with Crippen LogP contribution in [0.15, 0.2) is 30.3 Å². The number of hydrogen-bond acceptors (Lipinski definition) is 4. The molecule has 0 atom stereocenters. The molecule has 2 aromatic carbocycles. The lowest BCUT2D eigenvalue weighted by molar-refractivity contribution is 0.0116. The van der Waals surface area contributed by atoms with Gasteiger partial charge in [-0.15, -0.1) is 0 Å². The fraction of sp³-hybridized carbons (Fsp3) is 0.458. The van der Waals surface area contributed by atoms with Crippen molar-refractivity contribution in [2.24, 2.45) is 5.92 Å². The van der Waals surface area contributed by atoms with Gasteiger partial charge in [0.15, 0.2) is 17.5 Å². The Hall–Kier alpha value is -2.61. The van der Waals surface area contributed by atoms with Crippen LogP contribution in [0, 0.1) is 29.2 Å². The van der Waals surface area contributed by atoms with E-state index in [1.54, 1.807) is 0 Å². The molecule has 1 aliphatic rings. The number of halogens is 4. The minimum absolute atomic E-state index is 0.263. The molecule has 8 heteroatoms. The third kappa shape index (κ3) is 6.45. The van der Waals surface area contributed by atoms with Crippen molar-refractivity contribution in [1.82, 2.24) is 0 Å². The maximum absolute atomic E-state index is 14.4. The maximum atomic E-state index is 14.4. The summed E-state index contributed by atoms with van der Waals surface area (Å²) in [5.41, 5.74) is -0.438. The van der Waals surface area contributed by atoms with Gasteiger partial charge in [-0.3, -0.25) is 0 Å². The second kappa shape index (κ2) is 11.3. The van der Waals surface area contributed by atoms with Crippen LogP contribution in [0.1, 0.15) is 55.8 Å². The number of rotatable bonds is 9. The molecule has 0 aliphatic heterocycles. The summed E-state index contributed by atoms with van der Waals surface area (Å²) in [6.07, 6.45) is 6.35. The first-order chi connectivity index (χ1) is 15.4. The topological polar surface area (TPSA) is 44.8 Å². The summed E-state index contributed by atoms with van der Waals surface area (Å²) in [5, 5.41) is 0. The van der Waals surface area contributed by atoms with E-state index in [1.807, 2.05) is 0 Å². The van der Waals surface area contributed by atoms with Crippen LogP contribution in [-0.4, -0.2) is 25.3 Å². The molecule has 0 N–H and O–H groups in total. The molecule has 0 spiro atoms. The Morgan fingerprint density at radius 1 is 0.938 bits per heavy atom. The predicted octanol–water partition coefficient (Wildman–Crippen LogP) is 6.22. The molecule has 4 nitrogen and oxygen atoms in total. The van der Waals surface area contributed by atoms with Crippen molar-refractivity contribution < 1.29 is 36.6 Å². The smallest absolute Gasteiger partial charge is 0.346 e. The summed E-state index contributed by atoms with van der Waals surface area (Å²) >= 11 is 0. The van der Waals surface area contributed by atoms with Gasteiger partial charge in [0.05, 0.1) is 18.3 Å². The van der Waals surface area contributed by atoms with E-state index in [2.05, 4.69) is 6.92 Å². The predicted molar refractivity (Wildman–Crippen MR) is 110 cm³/mol. The number of carbonyl (C=O) groups excluding carboxylic acids is 1. The Bertz CT molecular complexity index is 903. The van der Waals surface area contributed by atoms with E-state index >= 15 is 0 Å². The summed E-state index contributed by atoms with van der Waals surface area (Å²) in [6.45, 7) is 3.35. The summed E-state index contributed by atoms with van der Waals surface area (Å²) in [5.74, 6) is -6.74. The lowest BCUT2D eigenvalue weighted by atomic mass is 9.88. The quantitative estimate of drug-likeness (QED) is 0.148. The highest BCUT2D eigenvalue weighted by molar-refractivity contribution is 5.91. The minimum Gasteiger partial charge on any atom is -0.493 e. The first kappa shape index (κ1) is 24.0. The highest BCUT2D eigenvalue weighted by Crippen LogP contribution is 2.28.